The number of rotatable bonds is 3. The lowest BCUT2D eigenvalue weighted by atomic mass is 9.81. The summed E-state index contributed by atoms with van der Waals surface area (Å²) in [6.45, 7) is 6.33. The van der Waals surface area contributed by atoms with Gasteiger partial charge in [-0.2, -0.15) is 0 Å². The van der Waals surface area contributed by atoms with E-state index in [1.165, 1.54) is 0 Å². The van der Waals surface area contributed by atoms with Crippen LogP contribution in [-0.2, 0) is 9.53 Å². The Balaban J connectivity index is 1.53. The third-order valence-electron chi connectivity index (χ3n) is 5.55. The van der Waals surface area contributed by atoms with E-state index in [1.807, 2.05) is 6.92 Å². The van der Waals surface area contributed by atoms with Gasteiger partial charge in [-0.3, -0.25) is 9.69 Å². The molecule has 2 atom stereocenters. The van der Waals surface area contributed by atoms with Gasteiger partial charge in [0.15, 0.2) is 0 Å². The van der Waals surface area contributed by atoms with Gasteiger partial charge in [0.25, 0.3) is 0 Å². The minimum atomic E-state index is -0.669. The van der Waals surface area contributed by atoms with Crippen LogP contribution in [0.25, 0.3) is 0 Å². The molecular weight excluding hydrogens is 316 g/mol. The fourth-order valence-electron chi connectivity index (χ4n) is 4.29. The molecule has 4 rings (SSSR count). The Labute approximate surface area is 139 Å². The van der Waals surface area contributed by atoms with Crippen molar-refractivity contribution in [2.45, 2.75) is 25.8 Å². The smallest absolute Gasteiger partial charge is 0.313 e. The molecule has 0 amide bonds. The van der Waals surface area contributed by atoms with Crippen LogP contribution in [0.1, 0.15) is 17.8 Å². The van der Waals surface area contributed by atoms with E-state index < -0.39 is 11.4 Å². The van der Waals surface area contributed by atoms with Crippen molar-refractivity contribution >= 4 is 22.4 Å². The standard InChI is InChI=1S/C15H22N4O3S/c1-10-16-17-14(23-10)19-7-11-6-18(12-2-4-22-5-3-12)8-15(11,9-19)13(20)21/h11-12H,2-9H2,1H3,(H,20,21)/t11-,15-/m1/s1. The topological polar surface area (TPSA) is 78.8 Å². The quantitative estimate of drug-likeness (QED) is 0.875. The molecule has 0 unspecified atom stereocenters. The van der Waals surface area contributed by atoms with Crippen LogP contribution in [-0.4, -0.2) is 71.6 Å². The number of nitrogens with zero attached hydrogens (tertiary/aromatic N) is 4. The lowest BCUT2D eigenvalue weighted by Crippen LogP contribution is -2.44. The number of carbonyl (C=O) groups is 1. The molecule has 0 saturated carbocycles. The molecule has 3 aliphatic heterocycles. The largest absolute Gasteiger partial charge is 0.481 e. The Kier molecular flexibility index (Phi) is 3.78. The van der Waals surface area contributed by atoms with E-state index in [9.17, 15) is 9.90 Å². The number of ether oxygens (including phenoxy) is 1. The summed E-state index contributed by atoms with van der Waals surface area (Å²) in [6, 6.07) is 0.475. The van der Waals surface area contributed by atoms with Crippen LogP contribution in [0.2, 0.25) is 0 Å². The molecule has 0 aromatic carbocycles. The second-order valence-electron chi connectivity index (χ2n) is 6.92. The number of aromatic nitrogens is 2. The molecule has 0 bridgehead atoms. The molecule has 3 aliphatic rings. The van der Waals surface area contributed by atoms with Crippen LogP contribution in [0, 0.1) is 18.3 Å². The zero-order valence-corrected chi connectivity index (χ0v) is 14.1. The molecule has 3 saturated heterocycles. The average molecular weight is 338 g/mol. The Hall–Kier alpha value is -1.25. The number of carboxylic acids is 1. The van der Waals surface area contributed by atoms with Crippen molar-refractivity contribution < 1.29 is 14.6 Å². The molecule has 0 aliphatic carbocycles. The van der Waals surface area contributed by atoms with Gasteiger partial charge < -0.3 is 14.7 Å². The number of anilines is 1. The highest BCUT2D eigenvalue weighted by molar-refractivity contribution is 7.15. The fraction of sp³-hybridized carbons (Fsp3) is 0.800. The van der Waals surface area contributed by atoms with Crippen LogP contribution < -0.4 is 4.90 Å². The Morgan fingerprint density at radius 3 is 2.70 bits per heavy atom. The molecule has 3 fully saturated rings. The molecule has 126 valence electrons. The zero-order valence-electron chi connectivity index (χ0n) is 13.3. The first-order valence-corrected chi connectivity index (χ1v) is 9.00. The van der Waals surface area contributed by atoms with Gasteiger partial charge in [-0.25, -0.2) is 0 Å². The summed E-state index contributed by atoms with van der Waals surface area (Å²) >= 11 is 1.54. The predicted molar refractivity (Wildman–Crippen MR) is 85.8 cm³/mol. The predicted octanol–water partition coefficient (Wildman–Crippen LogP) is 0.848. The second kappa shape index (κ2) is 5.68. The molecule has 1 aromatic rings. The summed E-state index contributed by atoms with van der Waals surface area (Å²) in [5, 5.41) is 20.0. The highest BCUT2D eigenvalue weighted by atomic mass is 32.1. The first-order chi connectivity index (χ1) is 11.1. The Morgan fingerprint density at radius 1 is 1.30 bits per heavy atom. The Morgan fingerprint density at radius 2 is 2.09 bits per heavy atom. The minimum absolute atomic E-state index is 0.159. The summed E-state index contributed by atoms with van der Waals surface area (Å²) in [5.41, 5.74) is -0.669. The molecule has 0 radical (unpaired) electrons. The van der Waals surface area contributed by atoms with Crippen LogP contribution in [0.4, 0.5) is 5.13 Å². The molecule has 0 spiro atoms. The van der Waals surface area contributed by atoms with Crippen LogP contribution in [0.3, 0.4) is 0 Å². The van der Waals surface area contributed by atoms with Crippen molar-refractivity contribution in [2.24, 2.45) is 11.3 Å². The number of hydrogen-bond donors (Lipinski definition) is 1. The summed E-state index contributed by atoms with van der Waals surface area (Å²) in [7, 11) is 0. The van der Waals surface area contributed by atoms with Crippen molar-refractivity contribution in [3.63, 3.8) is 0 Å². The monoisotopic (exact) mass is 338 g/mol. The summed E-state index contributed by atoms with van der Waals surface area (Å²) in [4.78, 5) is 16.6. The van der Waals surface area contributed by atoms with Crippen molar-refractivity contribution in [3.8, 4) is 0 Å². The Bertz CT molecular complexity index is 603. The average Bonchev–Trinajstić information content (AvgIpc) is 3.20. The van der Waals surface area contributed by atoms with Crippen molar-refractivity contribution in [1.82, 2.24) is 15.1 Å². The molecule has 7 nitrogen and oxygen atoms in total. The molecule has 8 heteroatoms. The third kappa shape index (κ3) is 2.53. The number of likely N-dealkylation sites (tertiary alicyclic amines) is 1. The second-order valence-corrected chi connectivity index (χ2v) is 8.08. The maximum absolute atomic E-state index is 12.1. The van der Waals surface area contributed by atoms with Gasteiger partial charge in [0.1, 0.15) is 10.4 Å². The first kappa shape index (κ1) is 15.3. The van der Waals surface area contributed by atoms with Gasteiger partial charge in [-0.05, 0) is 19.8 Å². The number of carboxylic acid groups (broad SMARTS) is 1. The lowest BCUT2D eigenvalue weighted by Gasteiger charge is -2.33. The van der Waals surface area contributed by atoms with Gasteiger partial charge in [0.2, 0.25) is 5.13 Å². The third-order valence-corrected chi connectivity index (χ3v) is 6.45. The minimum Gasteiger partial charge on any atom is -0.481 e. The lowest BCUT2D eigenvalue weighted by molar-refractivity contribution is -0.148. The highest BCUT2D eigenvalue weighted by Gasteiger charge is 2.58. The van der Waals surface area contributed by atoms with E-state index in [0.717, 1.165) is 49.3 Å². The molecule has 4 heterocycles. The number of aryl methyl sites for hydroxylation is 1. The van der Waals surface area contributed by atoms with E-state index in [1.54, 1.807) is 11.3 Å². The van der Waals surface area contributed by atoms with E-state index in [4.69, 9.17) is 4.74 Å². The van der Waals surface area contributed by atoms with Crippen molar-refractivity contribution in [3.05, 3.63) is 5.01 Å². The maximum atomic E-state index is 12.1. The molecular formula is C15H22N4O3S. The van der Waals surface area contributed by atoms with E-state index in [0.29, 0.717) is 19.1 Å². The summed E-state index contributed by atoms with van der Waals surface area (Å²) < 4.78 is 5.44. The van der Waals surface area contributed by atoms with E-state index in [-0.39, 0.29) is 5.92 Å². The SMILES string of the molecule is Cc1nnc(N2C[C@H]3CN(C4CCOCC4)C[C@@]3(C(=O)O)C2)s1. The van der Waals surface area contributed by atoms with Gasteiger partial charge in [-0.15, -0.1) is 10.2 Å². The molecule has 1 aromatic heterocycles. The van der Waals surface area contributed by atoms with Gasteiger partial charge in [-0.1, -0.05) is 11.3 Å². The van der Waals surface area contributed by atoms with Crippen LogP contribution >= 0.6 is 11.3 Å². The van der Waals surface area contributed by atoms with Crippen molar-refractivity contribution in [1.29, 1.82) is 0 Å². The first-order valence-electron chi connectivity index (χ1n) is 8.19. The van der Waals surface area contributed by atoms with Gasteiger partial charge in [0, 0.05) is 51.4 Å². The molecule has 1 N–H and O–H groups in total. The van der Waals surface area contributed by atoms with E-state index in [2.05, 4.69) is 20.0 Å². The number of hydrogen-bond acceptors (Lipinski definition) is 7. The van der Waals surface area contributed by atoms with Gasteiger partial charge in [0.05, 0.1) is 0 Å². The zero-order chi connectivity index (χ0) is 16.0. The molecule has 23 heavy (non-hydrogen) atoms. The maximum Gasteiger partial charge on any atom is 0.313 e. The van der Waals surface area contributed by atoms with Crippen molar-refractivity contribution in [2.75, 3.05) is 44.3 Å². The summed E-state index contributed by atoms with van der Waals surface area (Å²) in [6.07, 6.45) is 2.03. The number of aliphatic carboxylic acids is 1. The van der Waals surface area contributed by atoms with Gasteiger partial charge >= 0.3 is 5.97 Å². The number of fused-ring (bicyclic) bond motifs is 1. The van der Waals surface area contributed by atoms with Crippen LogP contribution in [0.5, 0.6) is 0 Å². The highest BCUT2D eigenvalue weighted by Crippen LogP contribution is 2.45. The van der Waals surface area contributed by atoms with Crippen LogP contribution in [0.15, 0.2) is 0 Å². The summed E-state index contributed by atoms with van der Waals surface area (Å²) in [5.74, 6) is -0.507. The fourth-order valence-corrected chi connectivity index (χ4v) is 4.99. The van der Waals surface area contributed by atoms with E-state index >= 15 is 0 Å². The normalized spacial score (nSPS) is 32.4.